The highest BCUT2D eigenvalue weighted by Gasteiger charge is 2.20. The number of benzene rings is 2. The number of nitrogens with one attached hydrogen (secondary N) is 1. The fourth-order valence-corrected chi connectivity index (χ4v) is 5.58. The summed E-state index contributed by atoms with van der Waals surface area (Å²) in [5.41, 5.74) is 2.11. The van der Waals surface area contributed by atoms with E-state index in [0.717, 1.165) is 37.0 Å². The minimum Gasteiger partial charge on any atom is -0.454 e. The van der Waals surface area contributed by atoms with Crippen molar-refractivity contribution < 1.29 is 14.3 Å². The Hall–Kier alpha value is -3.10. The van der Waals surface area contributed by atoms with E-state index in [4.69, 9.17) is 9.47 Å². The van der Waals surface area contributed by atoms with Gasteiger partial charge in [-0.2, -0.15) is 0 Å². The van der Waals surface area contributed by atoms with E-state index >= 15 is 0 Å². The van der Waals surface area contributed by atoms with E-state index < -0.39 is 0 Å². The van der Waals surface area contributed by atoms with Crippen LogP contribution in [0.1, 0.15) is 18.3 Å². The van der Waals surface area contributed by atoms with Crippen LogP contribution in [0.3, 0.4) is 0 Å². The molecule has 0 saturated heterocycles. The second-order valence-corrected chi connectivity index (χ2v) is 9.80. The number of carbonyl (C=O) groups excluding carboxylic acids is 1. The van der Waals surface area contributed by atoms with E-state index in [1.165, 1.54) is 11.8 Å². The van der Waals surface area contributed by atoms with Crippen LogP contribution in [0.15, 0.2) is 59.6 Å². The molecule has 1 aliphatic heterocycles. The zero-order valence-electron chi connectivity index (χ0n) is 17.6. The number of amides is 1. The van der Waals surface area contributed by atoms with Gasteiger partial charge in [-0.15, -0.1) is 11.3 Å². The number of thiophene rings is 1. The zero-order valence-corrected chi connectivity index (χ0v) is 19.3. The smallest absolute Gasteiger partial charge is 0.233 e. The largest absolute Gasteiger partial charge is 0.454 e. The first-order chi connectivity index (χ1) is 15.6. The molecule has 0 saturated carbocycles. The normalized spacial score (nSPS) is 13.3. The highest BCUT2D eigenvalue weighted by molar-refractivity contribution is 8.00. The molecule has 8 heteroatoms. The molecule has 1 atom stereocenters. The Morgan fingerprint density at radius 3 is 2.78 bits per heavy atom. The van der Waals surface area contributed by atoms with Crippen molar-refractivity contribution in [3.63, 3.8) is 0 Å². The Kier molecular flexibility index (Phi) is 5.71. The molecule has 2 aromatic carbocycles. The quantitative estimate of drug-likeness (QED) is 0.313. The summed E-state index contributed by atoms with van der Waals surface area (Å²) in [5.74, 6) is 2.10. The van der Waals surface area contributed by atoms with Crippen LogP contribution in [0.5, 0.6) is 11.5 Å². The van der Waals surface area contributed by atoms with E-state index in [2.05, 4.69) is 33.5 Å². The molecule has 0 radical (unpaired) electrons. The average Bonchev–Trinajstić information content (AvgIpc) is 3.44. The third-order valence-electron chi connectivity index (χ3n) is 5.09. The van der Waals surface area contributed by atoms with Crippen molar-refractivity contribution in [2.24, 2.45) is 0 Å². The fraction of sp³-hybridized carbons (Fsp3) is 0.208. The molecule has 4 aromatic rings. The lowest BCUT2D eigenvalue weighted by Gasteiger charge is -2.12. The molecule has 1 N–H and O–H groups in total. The van der Waals surface area contributed by atoms with Gasteiger partial charge in [-0.05, 0) is 43.2 Å². The fourth-order valence-electron chi connectivity index (χ4n) is 3.44. The molecule has 6 nitrogen and oxygen atoms in total. The molecule has 5 rings (SSSR count). The van der Waals surface area contributed by atoms with Crippen LogP contribution in [0, 0.1) is 6.92 Å². The molecule has 0 fully saturated rings. The first-order valence-corrected chi connectivity index (χ1v) is 11.9. The van der Waals surface area contributed by atoms with Gasteiger partial charge in [0.2, 0.25) is 12.7 Å². The third kappa shape index (κ3) is 4.28. The summed E-state index contributed by atoms with van der Waals surface area (Å²) < 4.78 is 10.7. The number of fused-ring (bicyclic) bond motifs is 2. The first kappa shape index (κ1) is 20.8. The van der Waals surface area contributed by atoms with Gasteiger partial charge in [0.15, 0.2) is 11.5 Å². The lowest BCUT2D eigenvalue weighted by atomic mass is 10.2. The van der Waals surface area contributed by atoms with Gasteiger partial charge in [0.1, 0.15) is 15.7 Å². The Balaban J connectivity index is 1.31. The monoisotopic (exact) mass is 463 g/mol. The Labute approximate surface area is 194 Å². The summed E-state index contributed by atoms with van der Waals surface area (Å²) in [6.07, 6.45) is 0. The predicted molar refractivity (Wildman–Crippen MR) is 127 cm³/mol. The zero-order chi connectivity index (χ0) is 22.1. The van der Waals surface area contributed by atoms with Crippen molar-refractivity contribution in [1.29, 1.82) is 0 Å². The van der Waals surface area contributed by atoms with Gasteiger partial charge in [-0.3, -0.25) is 4.79 Å². The topological polar surface area (TPSA) is 73.3 Å². The van der Waals surface area contributed by atoms with Gasteiger partial charge in [0, 0.05) is 16.8 Å². The van der Waals surface area contributed by atoms with Crippen LogP contribution in [-0.2, 0) is 11.3 Å². The molecule has 0 spiro atoms. The van der Waals surface area contributed by atoms with Crippen LogP contribution in [-0.4, -0.2) is 27.9 Å². The highest BCUT2D eigenvalue weighted by atomic mass is 32.2. The van der Waals surface area contributed by atoms with Crippen LogP contribution < -0.4 is 14.8 Å². The number of rotatable bonds is 6. The molecule has 0 bridgehead atoms. The molecule has 1 aliphatic rings. The minimum absolute atomic E-state index is 0.0457. The van der Waals surface area contributed by atoms with E-state index in [0.29, 0.717) is 18.1 Å². The first-order valence-electron chi connectivity index (χ1n) is 10.2. The Bertz CT molecular complexity index is 1290. The van der Waals surface area contributed by atoms with Crippen LogP contribution >= 0.6 is 23.1 Å². The molecule has 2 aromatic heterocycles. The Morgan fingerprint density at radius 1 is 1.12 bits per heavy atom. The summed E-state index contributed by atoms with van der Waals surface area (Å²) in [6, 6.07) is 18.0. The van der Waals surface area contributed by atoms with E-state index in [1.807, 2.05) is 50.2 Å². The third-order valence-corrected chi connectivity index (χ3v) is 7.27. The summed E-state index contributed by atoms with van der Waals surface area (Å²) in [5, 5.41) is 4.52. The molecule has 162 valence electrons. The van der Waals surface area contributed by atoms with Gasteiger partial charge in [0.25, 0.3) is 0 Å². The molecular formula is C24H21N3O3S2. The maximum Gasteiger partial charge on any atom is 0.233 e. The van der Waals surface area contributed by atoms with Crippen LogP contribution in [0.25, 0.3) is 20.7 Å². The number of ether oxygens (including phenoxy) is 2. The van der Waals surface area contributed by atoms with Gasteiger partial charge in [-0.25, -0.2) is 9.97 Å². The van der Waals surface area contributed by atoms with Crippen molar-refractivity contribution in [2.45, 2.75) is 30.7 Å². The van der Waals surface area contributed by atoms with Gasteiger partial charge >= 0.3 is 0 Å². The Morgan fingerprint density at radius 2 is 1.94 bits per heavy atom. The number of aromatic nitrogens is 2. The minimum atomic E-state index is -0.304. The molecule has 3 heterocycles. The van der Waals surface area contributed by atoms with Crippen molar-refractivity contribution in [2.75, 3.05) is 6.79 Å². The maximum atomic E-state index is 12.8. The number of carbonyl (C=O) groups is 1. The molecule has 0 aliphatic carbocycles. The van der Waals surface area contributed by atoms with Gasteiger partial charge in [0.05, 0.1) is 5.25 Å². The van der Waals surface area contributed by atoms with Crippen molar-refractivity contribution in [1.82, 2.24) is 15.3 Å². The summed E-state index contributed by atoms with van der Waals surface area (Å²) in [7, 11) is 0. The van der Waals surface area contributed by atoms with Crippen molar-refractivity contribution in [3.05, 3.63) is 66.0 Å². The van der Waals surface area contributed by atoms with E-state index in [1.54, 1.807) is 11.3 Å². The van der Waals surface area contributed by atoms with E-state index in [9.17, 15) is 4.79 Å². The summed E-state index contributed by atoms with van der Waals surface area (Å²) >= 11 is 3.10. The van der Waals surface area contributed by atoms with Crippen LogP contribution in [0.4, 0.5) is 0 Å². The predicted octanol–water partition coefficient (Wildman–Crippen LogP) is 5.19. The number of aryl methyl sites for hydroxylation is 1. The number of thioether (sulfide) groups is 1. The SMILES string of the molecule is Cc1nc(SC(C)C(=O)NCc2ccc3c(c2)OCO3)c2cc(-c3ccccc3)sc2n1. The number of hydrogen-bond donors (Lipinski definition) is 1. The standard InChI is InChI=1S/C24H21N3O3S2/c1-14(22(28)25-12-16-8-9-19-20(10-16)30-13-29-19)31-23-18-11-21(17-6-4-3-5-7-17)32-24(18)27-15(2)26-23/h3-11,14H,12-13H2,1-2H3,(H,25,28). The van der Waals surface area contributed by atoms with E-state index in [-0.39, 0.29) is 18.0 Å². The van der Waals surface area contributed by atoms with Crippen LogP contribution in [0.2, 0.25) is 0 Å². The summed E-state index contributed by atoms with van der Waals surface area (Å²) in [6.45, 7) is 4.44. The summed E-state index contributed by atoms with van der Waals surface area (Å²) in [4.78, 5) is 24.1. The highest BCUT2D eigenvalue weighted by Crippen LogP contribution is 2.38. The second-order valence-electron chi connectivity index (χ2n) is 7.44. The molecule has 1 unspecified atom stereocenters. The van der Waals surface area contributed by atoms with Gasteiger partial charge in [-0.1, -0.05) is 48.2 Å². The van der Waals surface area contributed by atoms with Crippen molar-refractivity contribution >= 4 is 39.2 Å². The average molecular weight is 464 g/mol. The lowest BCUT2D eigenvalue weighted by Crippen LogP contribution is -2.30. The molecule has 32 heavy (non-hydrogen) atoms. The lowest BCUT2D eigenvalue weighted by molar-refractivity contribution is -0.120. The second kappa shape index (κ2) is 8.80. The van der Waals surface area contributed by atoms with Crippen molar-refractivity contribution in [3.8, 4) is 21.9 Å². The van der Waals surface area contributed by atoms with Gasteiger partial charge < -0.3 is 14.8 Å². The molecule has 1 amide bonds. The number of hydrogen-bond acceptors (Lipinski definition) is 7. The number of nitrogens with zero attached hydrogens (tertiary/aromatic N) is 2. The maximum absolute atomic E-state index is 12.8. The molecular weight excluding hydrogens is 442 g/mol.